The van der Waals surface area contributed by atoms with Crippen molar-refractivity contribution in [3.63, 3.8) is 0 Å². The Balaban J connectivity index is 0.000000170. The molecular formula is C70H51F4Ir2N6O4-3. The summed E-state index contributed by atoms with van der Waals surface area (Å²) in [4.78, 5) is 26.2. The Morgan fingerprint density at radius 1 is 0.372 bits per heavy atom. The van der Waals surface area contributed by atoms with Crippen molar-refractivity contribution in [1.29, 1.82) is 0 Å². The van der Waals surface area contributed by atoms with Gasteiger partial charge in [0.15, 0.2) is 0 Å². The van der Waals surface area contributed by atoms with Crippen LogP contribution in [0.5, 0.6) is 0 Å². The molecule has 434 valence electrons. The molecular weight excluding hydrogens is 1450 g/mol. The molecule has 0 amide bonds. The number of nitrogens with zero attached hydrogens (tertiary/aromatic N) is 6. The number of aromatic nitrogens is 6. The number of aliphatic hydroxyl groups excluding tert-OH is 2. The van der Waals surface area contributed by atoms with Crippen molar-refractivity contribution < 1.29 is 76.8 Å². The second-order valence-corrected chi connectivity index (χ2v) is 18.2. The normalized spacial score (nSPS) is 10.3. The Kier molecular flexibility index (Phi) is 23.2. The van der Waals surface area contributed by atoms with E-state index in [1.54, 1.807) is 55.1 Å². The molecule has 0 bridgehead atoms. The standard InChI is InChI=1S/C23H14F2N2O.C23H13F2N2O.2C11H8N.2CH4O.2Ir/c2*1-13-5-7-18-17-3-2-4-19(22(17)28-23(18)27-13)21-11-14(9-10-26-21)16-8-6-15(24)12-20(16)25;2*1-2-6-10(7-3-1)11-8-4-5-9-12-11;2*1-2;;/h2-12H,1H3;2-3,5-12H,1H3;2*1-6,8-9H;2*2H,1H3;;/q;3*-1;;;;. The van der Waals surface area contributed by atoms with E-state index in [0.717, 1.165) is 87.4 Å². The van der Waals surface area contributed by atoms with Gasteiger partial charge >= 0.3 is 0 Å². The van der Waals surface area contributed by atoms with Crippen molar-refractivity contribution in [3.8, 4) is 67.3 Å². The third kappa shape index (κ3) is 15.4. The predicted octanol–water partition coefficient (Wildman–Crippen LogP) is 16.7. The van der Waals surface area contributed by atoms with Crippen LogP contribution in [-0.4, -0.2) is 54.3 Å². The fourth-order valence-electron chi connectivity index (χ4n) is 8.95. The summed E-state index contributed by atoms with van der Waals surface area (Å²) in [5.41, 5.74) is 12.7. The number of hydrogen-bond donors (Lipinski definition) is 2. The van der Waals surface area contributed by atoms with E-state index in [9.17, 15) is 17.6 Å². The van der Waals surface area contributed by atoms with E-state index in [1.165, 1.54) is 24.3 Å². The number of furan rings is 2. The fourth-order valence-corrected chi connectivity index (χ4v) is 8.95. The number of fused-ring (bicyclic) bond motifs is 6. The summed E-state index contributed by atoms with van der Waals surface area (Å²) in [6, 6.07) is 68.2. The number of aliphatic hydroxyl groups is 2. The third-order valence-electron chi connectivity index (χ3n) is 12.8. The molecule has 0 saturated heterocycles. The van der Waals surface area contributed by atoms with Crippen molar-refractivity contribution in [2.75, 3.05) is 14.2 Å². The number of aryl methyl sites for hydroxylation is 2. The van der Waals surface area contributed by atoms with Crippen molar-refractivity contribution in [2.24, 2.45) is 0 Å². The zero-order valence-electron chi connectivity index (χ0n) is 46.4. The van der Waals surface area contributed by atoms with Crippen LogP contribution >= 0.6 is 0 Å². The maximum atomic E-state index is 14.2. The van der Waals surface area contributed by atoms with Gasteiger partial charge in [-0.3, -0.25) is 4.98 Å². The molecule has 0 unspecified atom stereocenters. The molecule has 16 heteroatoms. The molecule has 8 heterocycles. The molecule has 10 nitrogen and oxygen atoms in total. The van der Waals surface area contributed by atoms with Gasteiger partial charge in [0.1, 0.15) is 28.9 Å². The predicted molar refractivity (Wildman–Crippen MR) is 322 cm³/mol. The fraction of sp³-hybridized carbons (Fsp3) is 0.0571. The zero-order chi connectivity index (χ0) is 59.0. The second kappa shape index (κ2) is 31.1. The summed E-state index contributed by atoms with van der Waals surface area (Å²) in [7, 11) is 2.00. The van der Waals surface area contributed by atoms with E-state index in [1.807, 2.05) is 147 Å². The summed E-state index contributed by atoms with van der Waals surface area (Å²) >= 11 is 0. The zero-order valence-corrected chi connectivity index (χ0v) is 51.2. The summed E-state index contributed by atoms with van der Waals surface area (Å²) in [6.45, 7) is 3.82. The van der Waals surface area contributed by atoms with Crippen LogP contribution in [0.3, 0.4) is 0 Å². The monoisotopic (exact) mass is 1500 g/mol. The molecule has 0 saturated carbocycles. The van der Waals surface area contributed by atoms with Gasteiger partial charge in [-0.05, 0) is 127 Å². The minimum atomic E-state index is -0.622. The topological polar surface area (TPSA) is 144 Å². The first-order chi connectivity index (χ1) is 41.1. The van der Waals surface area contributed by atoms with Crippen LogP contribution in [0.15, 0.2) is 234 Å². The Morgan fingerprint density at radius 2 is 0.849 bits per heavy atom. The van der Waals surface area contributed by atoms with Crippen molar-refractivity contribution in [1.82, 2.24) is 29.9 Å². The number of hydrogen-bond acceptors (Lipinski definition) is 10. The van der Waals surface area contributed by atoms with Crippen LogP contribution in [0.25, 0.3) is 111 Å². The molecule has 14 rings (SSSR count). The van der Waals surface area contributed by atoms with Gasteiger partial charge in [-0.15, -0.1) is 90.0 Å². The smallest absolute Gasteiger partial charge is 0.227 e. The van der Waals surface area contributed by atoms with E-state index in [-0.39, 0.29) is 40.2 Å². The van der Waals surface area contributed by atoms with Crippen molar-refractivity contribution in [2.45, 2.75) is 13.8 Å². The van der Waals surface area contributed by atoms with E-state index in [0.29, 0.717) is 61.8 Å². The number of pyridine rings is 6. The van der Waals surface area contributed by atoms with E-state index < -0.39 is 23.3 Å². The first kappa shape index (κ1) is 64.3. The van der Waals surface area contributed by atoms with Crippen LogP contribution in [0.4, 0.5) is 17.6 Å². The molecule has 2 radical (unpaired) electrons. The summed E-state index contributed by atoms with van der Waals surface area (Å²) in [5.74, 6) is -2.45. The molecule has 0 aliphatic carbocycles. The van der Waals surface area contributed by atoms with Gasteiger partial charge < -0.3 is 34.0 Å². The van der Waals surface area contributed by atoms with Gasteiger partial charge in [0.25, 0.3) is 0 Å². The minimum absolute atomic E-state index is 0. The molecule has 0 aliphatic heterocycles. The Morgan fingerprint density at radius 3 is 1.34 bits per heavy atom. The maximum Gasteiger partial charge on any atom is 0.227 e. The van der Waals surface area contributed by atoms with Gasteiger partial charge in [-0.2, -0.15) is 0 Å². The van der Waals surface area contributed by atoms with Gasteiger partial charge in [0, 0.05) is 136 Å². The van der Waals surface area contributed by atoms with Gasteiger partial charge in [-0.1, -0.05) is 53.4 Å². The van der Waals surface area contributed by atoms with Crippen LogP contribution in [0.2, 0.25) is 0 Å². The van der Waals surface area contributed by atoms with E-state index in [4.69, 9.17) is 19.0 Å². The molecule has 8 aromatic heterocycles. The number of benzene rings is 6. The SMILES string of the molecule is CO.CO.Cc1ccc2c(n1)oc1c(-c3cc(-c4ccc(F)cc4F)ccn3)[c-]ccc12.Cc1ccc2c(n1)oc1c(-c3cc(-c4ccc(F)cc4F)ccn3)cccc12.[Ir].[Ir].[c-]1ccccc1-c1ccccn1.[c-]1ccccc1-c1ccccn1. The maximum absolute atomic E-state index is 14.2. The first-order valence-corrected chi connectivity index (χ1v) is 26.1. The van der Waals surface area contributed by atoms with Crippen molar-refractivity contribution in [3.05, 3.63) is 278 Å². The molecule has 0 fully saturated rings. The average Bonchev–Trinajstić information content (AvgIpc) is 1.99. The second-order valence-electron chi connectivity index (χ2n) is 18.2. The molecule has 0 spiro atoms. The van der Waals surface area contributed by atoms with Crippen molar-refractivity contribution >= 4 is 44.1 Å². The number of halogens is 4. The third-order valence-corrected chi connectivity index (χ3v) is 12.8. The summed E-state index contributed by atoms with van der Waals surface area (Å²) in [5, 5.41) is 17.7. The quantitative estimate of drug-likeness (QED) is 0.122. The number of rotatable bonds is 6. The van der Waals surface area contributed by atoms with Crippen LogP contribution in [0, 0.1) is 55.3 Å². The molecule has 0 aliphatic rings. The summed E-state index contributed by atoms with van der Waals surface area (Å²) in [6.07, 6.45) is 6.77. The molecule has 86 heavy (non-hydrogen) atoms. The van der Waals surface area contributed by atoms with Crippen LogP contribution in [0.1, 0.15) is 11.4 Å². The summed E-state index contributed by atoms with van der Waals surface area (Å²) < 4.78 is 66.9. The van der Waals surface area contributed by atoms with E-state index in [2.05, 4.69) is 48.1 Å². The number of para-hydroxylation sites is 1. The van der Waals surface area contributed by atoms with Gasteiger partial charge in [0.2, 0.25) is 11.4 Å². The van der Waals surface area contributed by atoms with Crippen LogP contribution in [-0.2, 0) is 40.2 Å². The Labute approximate surface area is 520 Å². The largest absolute Gasteiger partial charge is 0.486 e. The average molecular weight is 1500 g/mol. The van der Waals surface area contributed by atoms with E-state index >= 15 is 0 Å². The van der Waals surface area contributed by atoms with Gasteiger partial charge in [0.05, 0.1) is 11.3 Å². The van der Waals surface area contributed by atoms with Crippen LogP contribution < -0.4 is 0 Å². The molecule has 14 aromatic rings. The first-order valence-electron chi connectivity index (χ1n) is 26.1. The van der Waals surface area contributed by atoms with Gasteiger partial charge in [-0.25, -0.2) is 27.5 Å². The Hall–Kier alpha value is -9.24. The minimum Gasteiger partial charge on any atom is -0.486 e. The molecule has 0 atom stereocenters. The Bertz CT molecular complexity index is 4110. The molecule has 6 aromatic carbocycles. The molecule has 2 N–H and O–H groups in total.